The molecule has 0 bridgehead atoms. The van der Waals surface area contributed by atoms with E-state index in [1.165, 1.54) is 37.8 Å². The predicted octanol–water partition coefficient (Wildman–Crippen LogP) is 7.16. The van der Waals surface area contributed by atoms with Crippen LogP contribution in [0.4, 0.5) is 8.78 Å². The van der Waals surface area contributed by atoms with Crippen LogP contribution in [0.5, 0.6) is 0 Å². The molecule has 0 nitrogen and oxygen atoms in total. The van der Waals surface area contributed by atoms with E-state index in [4.69, 9.17) is 0 Å². The lowest BCUT2D eigenvalue weighted by atomic mass is 9.64. The van der Waals surface area contributed by atoms with Crippen molar-refractivity contribution >= 4 is 0 Å². The summed E-state index contributed by atoms with van der Waals surface area (Å²) in [5.41, 5.74) is 2.61. The molecule has 2 saturated carbocycles. The van der Waals surface area contributed by atoms with Gasteiger partial charge in [-0.15, -0.1) is 6.58 Å². The van der Waals surface area contributed by atoms with Gasteiger partial charge in [-0.2, -0.15) is 0 Å². The summed E-state index contributed by atoms with van der Waals surface area (Å²) in [5.74, 6) is 7.69. The molecule has 2 aliphatic rings. The van der Waals surface area contributed by atoms with E-state index in [1.807, 2.05) is 25.1 Å². The molecule has 2 heteroatoms. The van der Waals surface area contributed by atoms with E-state index in [-0.39, 0.29) is 11.6 Å². The van der Waals surface area contributed by atoms with Gasteiger partial charge in [0.05, 0.1) is 5.56 Å². The van der Waals surface area contributed by atoms with Crippen LogP contribution in [0.15, 0.2) is 49.1 Å². The smallest absolute Gasteiger partial charge is 0.139 e. The molecule has 0 radical (unpaired) electrons. The van der Waals surface area contributed by atoms with Crippen LogP contribution in [0.25, 0.3) is 0 Å². The lowest BCUT2D eigenvalue weighted by Gasteiger charge is -2.41. The Bertz CT molecular complexity index is 962. The quantitative estimate of drug-likeness (QED) is 0.377. The molecule has 2 aliphatic carbocycles. The van der Waals surface area contributed by atoms with Crippen molar-refractivity contribution in [2.24, 2.45) is 17.8 Å². The van der Waals surface area contributed by atoms with Crippen molar-refractivity contribution in [1.82, 2.24) is 0 Å². The SMILES string of the molecule is C=CC1CCC2CC(c3ccc(C#Cc4ccc(C)cc4F)cc3F)CCC2C1. The summed E-state index contributed by atoms with van der Waals surface area (Å²) in [6.45, 7) is 5.81. The van der Waals surface area contributed by atoms with Gasteiger partial charge in [0.25, 0.3) is 0 Å². The first kappa shape index (κ1) is 19.9. The molecule has 29 heavy (non-hydrogen) atoms. The molecule has 0 saturated heterocycles. The van der Waals surface area contributed by atoms with Crippen molar-refractivity contribution in [3.8, 4) is 11.8 Å². The van der Waals surface area contributed by atoms with E-state index in [0.29, 0.717) is 28.9 Å². The summed E-state index contributed by atoms with van der Waals surface area (Å²) in [6, 6.07) is 10.2. The van der Waals surface area contributed by atoms with E-state index in [2.05, 4.69) is 24.5 Å². The van der Waals surface area contributed by atoms with Crippen LogP contribution in [-0.4, -0.2) is 0 Å². The van der Waals surface area contributed by atoms with Gasteiger partial charge in [0.15, 0.2) is 0 Å². The van der Waals surface area contributed by atoms with E-state index in [1.54, 1.807) is 6.07 Å². The molecule has 2 aromatic carbocycles. The van der Waals surface area contributed by atoms with Crippen molar-refractivity contribution in [2.45, 2.75) is 51.4 Å². The molecule has 0 amide bonds. The summed E-state index contributed by atoms with van der Waals surface area (Å²) < 4.78 is 28.8. The minimum atomic E-state index is -0.336. The first-order chi connectivity index (χ1) is 14.0. The van der Waals surface area contributed by atoms with Crippen molar-refractivity contribution in [2.75, 3.05) is 0 Å². The number of hydrogen-bond acceptors (Lipinski definition) is 0. The number of fused-ring (bicyclic) bond motifs is 1. The average molecular weight is 391 g/mol. The molecule has 0 N–H and O–H groups in total. The fourth-order valence-corrected chi connectivity index (χ4v) is 5.22. The third-order valence-electron chi connectivity index (χ3n) is 6.89. The van der Waals surface area contributed by atoms with Crippen LogP contribution in [0.1, 0.15) is 66.7 Å². The zero-order valence-corrected chi connectivity index (χ0v) is 17.1. The van der Waals surface area contributed by atoms with Gasteiger partial charge in [0.2, 0.25) is 0 Å². The Balaban J connectivity index is 1.47. The second-order valence-corrected chi connectivity index (χ2v) is 8.81. The zero-order valence-electron chi connectivity index (χ0n) is 17.1. The Morgan fingerprint density at radius 1 is 0.897 bits per heavy atom. The fraction of sp³-hybridized carbons (Fsp3) is 0.407. The summed E-state index contributed by atoms with van der Waals surface area (Å²) in [7, 11) is 0. The first-order valence-electron chi connectivity index (χ1n) is 10.7. The number of halogens is 2. The highest BCUT2D eigenvalue weighted by Gasteiger charge is 2.35. The van der Waals surface area contributed by atoms with E-state index >= 15 is 0 Å². The molecular formula is C27H28F2. The normalized spacial score (nSPS) is 26.2. The van der Waals surface area contributed by atoms with Gasteiger partial charge in [0, 0.05) is 5.56 Å². The second-order valence-electron chi connectivity index (χ2n) is 8.81. The highest BCUT2D eigenvalue weighted by Crippen LogP contribution is 2.48. The van der Waals surface area contributed by atoms with Gasteiger partial charge in [-0.1, -0.05) is 30.0 Å². The van der Waals surface area contributed by atoms with Crippen LogP contribution in [0.3, 0.4) is 0 Å². The minimum absolute atomic E-state index is 0.176. The highest BCUT2D eigenvalue weighted by atomic mass is 19.1. The third-order valence-corrected chi connectivity index (χ3v) is 6.89. The second kappa shape index (κ2) is 8.54. The first-order valence-corrected chi connectivity index (χ1v) is 10.7. The molecule has 0 aromatic heterocycles. The Hall–Kier alpha value is -2.40. The third kappa shape index (κ3) is 4.45. The number of aryl methyl sites for hydroxylation is 1. The maximum absolute atomic E-state index is 14.9. The van der Waals surface area contributed by atoms with Gasteiger partial charge in [-0.3, -0.25) is 0 Å². The Morgan fingerprint density at radius 3 is 2.45 bits per heavy atom. The van der Waals surface area contributed by atoms with Crippen LogP contribution < -0.4 is 0 Å². The maximum atomic E-state index is 14.9. The molecular weight excluding hydrogens is 362 g/mol. The van der Waals surface area contributed by atoms with Crippen molar-refractivity contribution < 1.29 is 8.78 Å². The Kier molecular flexibility index (Phi) is 5.86. The molecule has 2 fully saturated rings. The molecule has 4 rings (SSSR count). The highest BCUT2D eigenvalue weighted by molar-refractivity contribution is 5.45. The monoisotopic (exact) mass is 390 g/mol. The minimum Gasteiger partial charge on any atom is -0.207 e. The van der Waals surface area contributed by atoms with Crippen LogP contribution in [-0.2, 0) is 0 Å². The topological polar surface area (TPSA) is 0 Å². The van der Waals surface area contributed by atoms with E-state index < -0.39 is 0 Å². The van der Waals surface area contributed by atoms with Crippen molar-refractivity contribution in [3.05, 3.63) is 82.9 Å². The van der Waals surface area contributed by atoms with Crippen LogP contribution in [0.2, 0.25) is 0 Å². The molecule has 0 heterocycles. The van der Waals surface area contributed by atoms with Crippen LogP contribution in [0, 0.1) is 48.2 Å². The number of rotatable bonds is 2. The number of allylic oxidation sites excluding steroid dienone is 1. The summed E-state index contributed by atoms with van der Waals surface area (Å²) in [5, 5.41) is 0. The lowest BCUT2D eigenvalue weighted by Crippen LogP contribution is -2.30. The summed E-state index contributed by atoms with van der Waals surface area (Å²) in [4.78, 5) is 0. The van der Waals surface area contributed by atoms with Gasteiger partial charge >= 0.3 is 0 Å². The summed E-state index contributed by atoms with van der Waals surface area (Å²) >= 11 is 0. The molecule has 4 unspecified atom stereocenters. The van der Waals surface area contributed by atoms with Gasteiger partial charge < -0.3 is 0 Å². The van der Waals surface area contributed by atoms with Gasteiger partial charge in [0.1, 0.15) is 11.6 Å². The van der Waals surface area contributed by atoms with E-state index in [0.717, 1.165) is 29.9 Å². The van der Waals surface area contributed by atoms with Crippen molar-refractivity contribution in [3.63, 3.8) is 0 Å². The van der Waals surface area contributed by atoms with E-state index in [9.17, 15) is 8.78 Å². The van der Waals surface area contributed by atoms with Gasteiger partial charge in [-0.25, -0.2) is 8.78 Å². The molecule has 2 aromatic rings. The molecule has 150 valence electrons. The van der Waals surface area contributed by atoms with Gasteiger partial charge in [-0.05, 0) is 105 Å². The molecule has 4 atom stereocenters. The average Bonchev–Trinajstić information content (AvgIpc) is 2.72. The standard InChI is InChI=1S/C27H28F2/c1-3-19-5-10-23-17-24(12-11-22(23)15-19)25-13-7-20(16-27(25)29)6-9-21-8-4-18(2)14-26(21)28/h3-4,7-8,13-14,16,19,22-24H,1,5,10-12,15,17H2,2H3. The van der Waals surface area contributed by atoms with Crippen molar-refractivity contribution in [1.29, 1.82) is 0 Å². The summed E-state index contributed by atoms with van der Waals surface area (Å²) in [6.07, 6.45) is 9.17. The molecule has 0 spiro atoms. The zero-order chi connectivity index (χ0) is 20.4. The van der Waals surface area contributed by atoms with Crippen LogP contribution >= 0.6 is 0 Å². The predicted molar refractivity (Wildman–Crippen MR) is 115 cm³/mol. The Labute approximate surface area is 173 Å². The largest absolute Gasteiger partial charge is 0.207 e. The lowest BCUT2D eigenvalue weighted by molar-refractivity contribution is 0.132. The maximum Gasteiger partial charge on any atom is 0.139 e. The number of benzene rings is 2. The fourth-order valence-electron chi connectivity index (χ4n) is 5.22. The molecule has 0 aliphatic heterocycles. The Morgan fingerprint density at radius 2 is 1.69 bits per heavy atom. The number of hydrogen-bond donors (Lipinski definition) is 0.